The van der Waals surface area contributed by atoms with E-state index in [1.807, 2.05) is 0 Å². The molecular formula is C26H29N3O8S. The van der Waals surface area contributed by atoms with Crippen molar-refractivity contribution in [2.75, 3.05) is 46.4 Å². The van der Waals surface area contributed by atoms with Gasteiger partial charge in [0.2, 0.25) is 0 Å². The van der Waals surface area contributed by atoms with Gasteiger partial charge in [0.05, 0.1) is 52.3 Å². The zero-order valence-electron chi connectivity index (χ0n) is 21.6. The molecule has 0 saturated heterocycles. The van der Waals surface area contributed by atoms with Crippen molar-refractivity contribution in [3.8, 4) is 28.7 Å². The smallest absolute Gasteiger partial charge is 0.264 e. The van der Waals surface area contributed by atoms with E-state index in [-0.39, 0.29) is 16.3 Å². The molecule has 3 aromatic carbocycles. The SMILES string of the molecule is COc1ccc(N(CC(=O)N/N=C\c2cc(OC)ccc2OC)S(=O)(=O)c2ccc(OC)c(OC)c2)cc1. The van der Waals surface area contributed by atoms with E-state index >= 15 is 0 Å². The molecule has 0 saturated carbocycles. The number of hydrazone groups is 1. The van der Waals surface area contributed by atoms with Crippen LogP contribution in [0.25, 0.3) is 0 Å². The fraction of sp³-hybridized carbons (Fsp3) is 0.231. The van der Waals surface area contributed by atoms with Crippen LogP contribution in [0.3, 0.4) is 0 Å². The highest BCUT2D eigenvalue weighted by molar-refractivity contribution is 7.92. The van der Waals surface area contributed by atoms with Gasteiger partial charge >= 0.3 is 0 Å². The van der Waals surface area contributed by atoms with Crippen molar-refractivity contribution in [1.29, 1.82) is 0 Å². The molecule has 0 aromatic heterocycles. The van der Waals surface area contributed by atoms with Gasteiger partial charge in [-0.05, 0) is 54.6 Å². The van der Waals surface area contributed by atoms with Gasteiger partial charge in [-0.25, -0.2) is 13.8 Å². The summed E-state index contributed by atoms with van der Waals surface area (Å²) in [5, 5.41) is 3.97. The van der Waals surface area contributed by atoms with Gasteiger partial charge in [-0.2, -0.15) is 5.10 Å². The van der Waals surface area contributed by atoms with Crippen molar-refractivity contribution in [1.82, 2.24) is 5.43 Å². The van der Waals surface area contributed by atoms with E-state index in [1.165, 1.54) is 72.1 Å². The molecule has 0 heterocycles. The molecule has 0 fully saturated rings. The van der Waals surface area contributed by atoms with Crippen molar-refractivity contribution in [2.45, 2.75) is 4.90 Å². The van der Waals surface area contributed by atoms with Crippen LogP contribution in [0.4, 0.5) is 5.69 Å². The molecule has 38 heavy (non-hydrogen) atoms. The molecule has 12 heteroatoms. The number of anilines is 1. The Morgan fingerprint density at radius 1 is 0.789 bits per heavy atom. The lowest BCUT2D eigenvalue weighted by Gasteiger charge is -2.24. The third kappa shape index (κ3) is 6.45. The first-order valence-corrected chi connectivity index (χ1v) is 12.6. The number of hydrogen-bond acceptors (Lipinski definition) is 9. The van der Waals surface area contributed by atoms with Gasteiger partial charge < -0.3 is 23.7 Å². The Kier molecular flexibility index (Phi) is 9.39. The van der Waals surface area contributed by atoms with Crippen LogP contribution < -0.4 is 33.4 Å². The number of carbonyl (C=O) groups excluding carboxylic acids is 1. The molecule has 0 aliphatic carbocycles. The minimum Gasteiger partial charge on any atom is -0.497 e. The number of hydrogen-bond donors (Lipinski definition) is 1. The Morgan fingerprint density at radius 3 is 2.00 bits per heavy atom. The summed E-state index contributed by atoms with van der Waals surface area (Å²) in [7, 11) is 3.16. The summed E-state index contributed by atoms with van der Waals surface area (Å²) in [6.45, 7) is -0.560. The summed E-state index contributed by atoms with van der Waals surface area (Å²) in [6.07, 6.45) is 1.37. The molecule has 3 aromatic rings. The van der Waals surface area contributed by atoms with Crippen molar-refractivity contribution >= 4 is 27.8 Å². The minimum absolute atomic E-state index is 0.0941. The first kappa shape index (κ1) is 28.1. The first-order chi connectivity index (χ1) is 18.3. The highest BCUT2D eigenvalue weighted by Gasteiger charge is 2.28. The molecule has 0 atom stereocenters. The molecule has 1 N–H and O–H groups in total. The van der Waals surface area contributed by atoms with Gasteiger partial charge in [-0.3, -0.25) is 9.10 Å². The van der Waals surface area contributed by atoms with Crippen LogP contribution in [0.2, 0.25) is 0 Å². The zero-order valence-corrected chi connectivity index (χ0v) is 22.4. The van der Waals surface area contributed by atoms with Crippen LogP contribution in [0.15, 0.2) is 70.7 Å². The average Bonchev–Trinajstić information content (AvgIpc) is 2.95. The number of ether oxygens (including phenoxy) is 5. The van der Waals surface area contributed by atoms with Gasteiger partial charge in [0.25, 0.3) is 15.9 Å². The summed E-state index contributed by atoms with van der Waals surface area (Å²) in [4.78, 5) is 12.8. The summed E-state index contributed by atoms with van der Waals surface area (Å²) in [5.74, 6) is 1.53. The second-order valence-electron chi connectivity index (χ2n) is 7.63. The zero-order chi connectivity index (χ0) is 27.7. The Balaban J connectivity index is 1.91. The Morgan fingerprint density at radius 2 is 1.39 bits per heavy atom. The maximum atomic E-state index is 13.7. The topological polar surface area (TPSA) is 125 Å². The molecule has 3 rings (SSSR count). The summed E-state index contributed by atoms with van der Waals surface area (Å²) in [6, 6.07) is 15.5. The van der Waals surface area contributed by atoms with Gasteiger partial charge in [0, 0.05) is 11.6 Å². The Labute approximate surface area is 221 Å². The molecule has 202 valence electrons. The van der Waals surface area contributed by atoms with Crippen molar-refractivity contribution in [3.63, 3.8) is 0 Å². The van der Waals surface area contributed by atoms with Crippen LogP contribution in [0.5, 0.6) is 28.7 Å². The molecule has 0 aliphatic heterocycles. The third-order valence-corrected chi connectivity index (χ3v) is 7.19. The number of amides is 1. The highest BCUT2D eigenvalue weighted by Crippen LogP contribution is 2.32. The quantitative estimate of drug-likeness (QED) is 0.273. The number of nitrogens with zero attached hydrogens (tertiary/aromatic N) is 2. The number of rotatable bonds is 12. The predicted molar refractivity (Wildman–Crippen MR) is 142 cm³/mol. The number of methoxy groups -OCH3 is 5. The van der Waals surface area contributed by atoms with Crippen LogP contribution in [0, 0.1) is 0 Å². The molecular weight excluding hydrogens is 514 g/mol. The van der Waals surface area contributed by atoms with Crippen LogP contribution >= 0.6 is 0 Å². The lowest BCUT2D eigenvalue weighted by molar-refractivity contribution is -0.119. The summed E-state index contributed by atoms with van der Waals surface area (Å²) < 4.78 is 54.5. The fourth-order valence-electron chi connectivity index (χ4n) is 3.45. The molecule has 0 unspecified atom stereocenters. The van der Waals surface area contributed by atoms with E-state index in [1.54, 1.807) is 30.3 Å². The lowest BCUT2D eigenvalue weighted by Crippen LogP contribution is -2.39. The Hall–Kier alpha value is -4.45. The highest BCUT2D eigenvalue weighted by atomic mass is 32.2. The van der Waals surface area contributed by atoms with Crippen molar-refractivity contribution in [2.24, 2.45) is 5.10 Å². The molecule has 1 amide bonds. The maximum absolute atomic E-state index is 13.7. The molecule has 0 bridgehead atoms. The predicted octanol–water partition coefficient (Wildman–Crippen LogP) is 3.08. The molecule has 0 aliphatic rings. The summed E-state index contributed by atoms with van der Waals surface area (Å²) in [5.41, 5.74) is 3.16. The van der Waals surface area contributed by atoms with Gasteiger partial charge in [-0.1, -0.05) is 0 Å². The number of nitrogens with one attached hydrogen (secondary N) is 1. The minimum atomic E-state index is -4.22. The maximum Gasteiger partial charge on any atom is 0.264 e. The first-order valence-electron chi connectivity index (χ1n) is 11.2. The van der Waals surface area contributed by atoms with E-state index in [2.05, 4.69) is 10.5 Å². The largest absolute Gasteiger partial charge is 0.497 e. The number of carbonyl (C=O) groups is 1. The number of benzene rings is 3. The van der Waals surface area contributed by atoms with Crippen LogP contribution in [-0.4, -0.2) is 62.6 Å². The van der Waals surface area contributed by atoms with Crippen LogP contribution in [0.1, 0.15) is 5.56 Å². The second kappa shape index (κ2) is 12.7. The molecule has 0 spiro atoms. The molecule has 11 nitrogen and oxygen atoms in total. The normalized spacial score (nSPS) is 11.1. The number of sulfonamides is 1. The van der Waals surface area contributed by atoms with Gasteiger partial charge in [0.1, 0.15) is 23.8 Å². The Bertz CT molecular complexity index is 1390. The fourth-order valence-corrected chi connectivity index (χ4v) is 4.88. The van der Waals surface area contributed by atoms with E-state index in [0.717, 1.165) is 4.31 Å². The standard InChI is InChI=1S/C26H29N3O8S/c1-33-20-8-6-19(7-9-20)29(38(31,32)22-11-13-24(36-4)25(15-22)37-5)17-26(30)28-27-16-18-14-21(34-2)10-12-23(18)35-3/h6-16H,17H2,1-5H3,(H,28,30)/b27-16-. The van der Waals surface area contributed by atoms with Crippen molar-refractivity contribution < 1.29 is 36.9 Å². The monoisotopic (exact) mass is 543 g/mol. The second-order valence-corrected chi connectivity index (χ2v) is 9.49. The van der Waals surface area contributed by atoms with E-state index < -0.39 is 22.5 Å². The van der Waals surface area contributed by atoms with E-state index in [4.69, 9.17) is 23.7 Å². The summed E-state index contributed by atoms with van der Waals surface area (Å²) >= 11 is 0. The van der Waals surface area contributed by atoms with Gasteiger partial charge in [0.15, 0.2) is 11.5 Å². The molecule has 0 radical (unpaired) electrons. The lowest BCUT2D eigenvalue weighted by atomic mass is 10.2. The van der Waals surface area contributed by atoms with Crippen molar-refractivity contribution in [3.05, 3.63) is 66.2 Å². The van der Waals surface area contributed by atoms with Crippen LogP contribution in [-0.2, 0) is 14.8 Å². The van der Waals surface area contributed by atoms with E-state index in [0.29, 0.717) is 28.6 Å². The third-order valence-electron chi connectivity index (χ3n) is 5.42. The van der Waals surface area contributed by atoms with E-state index in [9.17, 15) is 13.2 Å². The average molecular weight is 544 g/mol. The van der Waals surface area contributed by atoms with Gasteiger partial charge in [-0.15, -0.1) is 0 Å².